The maximum absolute atomic E-state index is 12.2. The van der Waals surface area contributed by atoms with Gasteiger partial charge in [-0.05, 0) is 56.5 Å². The molecule has 25 heavy (non-hydrogen) atoms. The molecule has 2 aliphatic rings. The maximum Gasteiger partial charge on any atom is 0.248 e. The van der Waals surface area contributed by atoms with Crippen LogP contribution >= 0.6 is 11.3 Å². The summed E-state index contributed by atoms with van der Waals surface area (Å²) in [6.07, 6.45) is 4.28. The van der Waals surface area contributed by atoms with Gasteiger partial charge in [0, 0.05) is 31.1 Å². The molecule has 0 spiro atoms. The molecule has 140 valence electrons. The Hall–Kier alpha value is -0.950. The van der Waals surface area contributed by atoms with Gasteiger partial charge in [-0.15, -0.1) is 11.3 Å². The summed E-state index contributed by atoms with van der Waals surface area (Å²) in [5.41, 5.74) is 0. The largest absolute Gasteiger partial charge is 0.376 e. The molecule has 1 aromatic heterocycles. The van der Waals surface area contributed by atoms with Gasteiger partial charge in [0.15, 0.2) is 0 Å². The predicted molar refractivity (Wildman–Crippen MR) is 99.7 cm³/mol. The van der Waals surface area contributed by atoms with Crippen molar-refractivity contribution in [2.45, 2.75) is 51.4 Å². The summed E-state index contributed by atoms with van der Waals surface area (Å²) in [5.74, 6) is 0.524. The third kappa shape index (κ3) is 6.06. The lowest BCUT2D eigenvalue weighted by atomic mass is 9.98. The Labute approximate surface area is 154 Å². The van der Waals surface area contributed by atoms with E-state index in [1.54, 1.807) is 0 Å². The van der Waals surface area contributed by atoms with Crippen molar-refractivity contribution in [2.75, 3.05) is 32.8 Å². The summed E-state index contributed by atoms with van der Waals surface area (Å²) in [4.78, 5) is 16.2. The molecule has 2 aliphatic heterocycles. The molecule has 3 rings (SSSR count). The summed E-state index contributed by atoms with van der Waals surface area (Å²) in [7, 11) is 0. The van der Waals surface area contributed by atoms with Crippen LogP contribution in [0.15, 0.2) is 17.5 Å². The number of thiophene rings is 1. The van der Waals surface area contributed by atoms with Gasteiger partial charge in [-0.25, -0.2) is 0 Å². The number of rotatable bonds is 8. The summed E-state index contributed by atoms with van der Waals surface area (Å²) in [6.45, 7) is 7.15. The molecule has 5 nitrogen and oxygen atoms in total. The van der Waals surface area contributed by atoms with Crippen molar-refractivity contribution in [3.05, 3.63) is 22.4 Å². The smallest absolute Gasteiger partial charge is 0.248 e. The van der Waals surface area contributed by atoms with Gasteiger partial charge < -0.3 is 14.8 Å². The van der Waals surface area contributed by atoms with Crippen molar-refractivity contribution in [3.63, 3.8) is 0 Å². The lowest BCUT2D eigenvalue weighted by Gasteiger charge is -2.32. The van der Waals surface area contributed by atoms with Crippen LogP contribution in [0.25, 0.3) is 0 Å². The average Bonchev–Trinajstić information content (AvgIpc) is 3.31. The van der Waals surface area contributed by atoms with E-state index in [0.717, 1.165) is 45.6 Å². The number of amides is 1. The quantitative estimate of drug-likeness (QED) is 0.768. The highest BCUT2D eigenvalue weighted by Crippen LogP contribution is 2.20. The second-order valence-corrected chi connectivity index (χ2v) is 8.21. The fourth-order valence-electron chi connectivity index (χ4n) is 3.58. The molecule has 3 heterocycles. The SMILES string of the molecule is C[C@H](OC[C@@H]1CCCO1)C(=O)NC[C@@H]1CCCN(Cc2cccs2)C1. The van der Waals surface area contributed by atoms with Crippen molar-refractivity contribution in [3.8, 4) is 0 Å². The topological polar surface area (TPSA) is 50.8 Å². The molecule has 6 heteroatoms. The highest BCUT2D eigenvalue weighted by molar-refractivity contribution is 7.09. The van der Waals surface area contributed by atoms with E-state index in [1.165, 1.54) is 17.7 Å². The summed E-state index contributed by atoms with van der Waals surface area (Å²) in [6, 6.07) is 4.31. The molecule has 0 radical (unpaired) electrons. The first-order valence-corrected chi connectivity index (χ1v) is 10.3. The third-order valence-corrected chi connectivity index (χ3v) is 5.91. The van der Waals surface area contributed by atoms with E-state index in [9.17, 15) is 4.79 Å². The van der Waals surface area contributed by atoms with Gasteiger partial charge in [0.2, 0.25) is 5.91 Å². The van der Waals surface area contributed by atoms with Crippen molar-refractivity contribution < 1.29 is 14.3 Å². The van der Waals surface area contributed by atoms with Crippen molar-refractivity contribution in [2.24, 2.45) is 5.92 Å². The fraction of sp³-hybridized carbons (Fsp3) is 0.737. The van der Waals surface area contributed by atoms with Gasteiger partial charge in [-0.1, -0.05) is 6.07 Å². The first-order valence-electron chi connectivity index (χ1n) is 9.46. The molecular weight excluding hydrogens is 336 g/mol. The van der Waals surface area contributed by atoms with Crippen LogP contribution in [-0.2, 0) is 20.8 Å². The number of hydrogen-bond donors (Lipinski definition) is 1. The van der Waals surface area contributed by atoms with E-state index >= 15 is 0 Å². The number of likely N-dealkylation sites (tertiary alicyclic amines) is 1. The molecule has 2 fully saturated rings. The van der Waals surface area contributed by atoms with Gasteiger partial charge in [-0.3, -0.25) is 9.69 Å². The summed E-state index contributed by atoms with van der Waals surface area (Å²) in [5, 5.41) is 5.21. The average molecular weight is 367 g/mol. The Morgan fingerprint density at radius 2 is 2.40 bits per heavy atom. The van der Waals surface area contributed by atoms with E-state index in [-0.39, 0.29) is 12.0 Å². The number of nitrogens with one attached hydrogen (secondary N) is 1. The molecular formula is C19H30N2O3S. The van der Waals surface area contributed by atoms with Crippen molar-refractivity contribution >= 4 is 17.2 Å². The lowest BCUT2D eigenvalue weighted by Crippen LogP contribution is -2.43. The summed E-state index contributed by atoms with van der Waals surface area (Å²) < 4.78 is 11.2. The Morgan fingerprint density at radius 1 is 1.48 bits per heavy atom. The van der Waals surface area contributed by atoms with Crippen LogP contribution in [0, 0.1) is 5.92 Å². The molecule has 0 unspecified atom stereocenters. The van der Waals surface area contributed by atoms with Crippen LogP contribution in [0.1, 0.15) is 37.5 Å². The Kier molecular flexibility index (Phi) is 7.28. The Bertz CT molecular complexity index is 517. The first-order chi connectivity index (χ1) is 12.2. The van der Waals surface area contributed by atoms with Gasteiger partial charge in [0.05, 0.1) is 12.7 Å². The van der Waals surface area contributed by atoms with Crippen molar-refractivity contribution in [1.29, 1.82) is 0 Å². The Morgan fingerprint density at radius 3 is 3.16 bits per heavy atom. The zero-order chi connectivity index (χ0) is 17.5. The Balaban J connectivity index is 1.34. The highest BCUT2D eigenvalue weighted by Gasteiger charge is 2.23. The van der Waals surface area contributed by atoms with E-state index in [2.05, 4.69) is 27.7 Å². The molecule has 1 aromatic rings. The van der Waals surface area contributed by atoms with Crippen molar-refractivity contribution in [1.82, 2.24) is 10.2 Å². The normalized spacial score (nSPS) is 25.8. The number of carbonyl (C=O) groups is 1. The maximum atomic E-state index is 12.2. The number of carbonyl (C=O) groups excluding carboxylic acids is 1. The summed E-state index contributed by atoms with van der Waals surface area (Å²) >= 11 is 1.82. The number of nitrogens with zero attached hydrogens (tertiary/aromatic N) is 1. The monoisotopic (exact) mass is 366 g/mol. The molecule has 2 saturated heterocycles. The second-order valence-electron chi connectivity index (χ2n) is 7.18. The van der Waals surface area contributed by atoms with Crippen LogP contribution in [0.5, 0.6) is 0 Å². The zero-order valence-electron chi connectivity index (χ0n) is 15.1. The molecule has 0 bridgehead atoms. The molecule has 1 amide bonds. The molecule has 3 atom stereocenters. The van der Waals surface area contributed by atoms with E-state index in [4.69, 9.17) is 9.47 Å². The van der Waals surface area contributed by atoms with E-state index in [0.29, 0.717) is 12.5 Å². The van der Waals surface area contributed by atoms with Crippen LogP contribution in [0.3, 0.4) is 0 Å². The standard InChI is InChI=1S/C19H30N2O3S/c1-15(24-14-17-6-3-9-23-17)19(22)20-11-16-5-2-8-21(12-16)13-18-7-4-10-25-18/h4,7,10,15-17H,2-3,5-6,8-9,11-14H2,1H3,(H,20,22)/t15-,16-,17-/m0/s1. The molecule has 0 aromatic carbocycles. The minimum Gasteiger partial charge on any atom is -0.376 e. The van der Waals surface area contributed by atoms with Crippen LogP contribution in [-0.4, -0.2) is 55.9 Å². The van der Waals surface area contributed by atoms with Gasteiger partial charge in [-0.2, -0.15) is 0 Å². The van der Waals surface area contributed by atoms with Crippen LogP contribution in [0.4, 0.5) is 0 Å². The predicted octanol–water partition coefficient (Wildman–Crippen LogP) is 2.66. The fourth-order valence-corrected chi connectivity index (χ4v) is 4.32. The van der Waals surface area contributed by atoms with Gasteiger partial charge >= 0.3 is 0 Å². The first kappa shape index (κ1) is 18.8. The van der Waals surface area contributed by atoms with E-state index < -0.39 is 6.10 Å². The number of hydrogen-bond acceptors (Lipinski definition) is 5. The minimum absolute atomic E-state index is 0.00613. The molecule has 0 saturated carbocycles. The number of ether oxygens (including phenoxy) is 2. The van der Waals surface area contributed by atoms with Crippen LogP contribution < -0.4 is 5.32 Å². The van der Waals surface area contributed by atoms with Gasteiger partial charge in [0.25, 0.3) is 0 Å². The number of piperidine rings is 1. The minimum atomic E-state index is -0.407. The van der Waals surface area contributed by atoms with Crippen LogP contribution in [0.2, 0.25) is 0 Å². The highest BCUT2D eigenvalue weighted by atomic mass is 32.1. The van der Waals surface area contributed by atoms with Gasteiger partial charge in [0.1, 0.15) is 6.10 Å². The lowest BCUT2D eigenvalue weighted by molar-refractivity contribution is -0.134. The zero-order valence-corrected chi connectivity index (χ0v) is 15.9. The molecule has 1 N–H and O–H groups in total. The second kappa shape index (κ2) is 9.67. The van der Waals surface area contributed by atoms with E-state index in [1.807, 2.05) is 18.3 Å². The third-order valence-electron chi connectivity index (χ3n) is 5.05. The molecule has 0 aliphatic carbocycles.